The van der Waals surface area contributed by atoms with Crippen molar-refractivity contribution in [3.63, 3.8) is 0 Å². The Morgan fingerprint density at radius 3 is 2.00 bits per heavy atom. The van der Waals surface area contributed by atoms with E-state index in [2.05, 4.69) is 10.7 Å². The van der Waals surface area contributed by atoms with Crippen molar-refractivity contribution in [1.82, 2.24) is 0 Å². The second-order valence-electron chi connectivity index (χ2n) is 1.67. The molecule has 0 spiro atoms. The number of nitrogens with two attached hydrogens (primary N) is 1. The fourth-order valence-electron chi connectivity index (χ4n) is 0.595. The van der Waals surface area contributed by atoms with Gasteiger partial charge in [-0.2, -0.15) is 5.90 Å². The molecule has 0 fully saturated rings. The van der Waals surface area contributed by atoms with E-state index >= 15 is 0 Å². The molecule has 2 N–H and O–H groups in total. The van der Waals surface area contributed by atoms with E-state index in [0.717, 1.165) is 12.1 Å². The maximum atomic E-state index is 12.4. The lowest BCUT2D eigenvalue weighted by Gasteiger charge is -1.99. The van der Waals surface area contributed by atoms with E-state index in [9.17, 15) is 8.78 Å². The normalized spacial score (nSPS) is 9.50. The van der Waals surface area contributed by atoms with Gasteiger partial charge in [-0.15, -0.1) is 0 Å². The molecule has 0 unspecified atom stereocenters. The van der Waals surface area contributed by atoms with Crippen LogP contribution in [0.15, 0.2) is 18.2 Å². The maximum absolute atomic E-state index is 12.4. The summed E-state index contributed by atoms with van der Waals surface area (Å²) in [6.45, 7) is 0. The van der Waals surface area contributed by atoms with Gasteiger partial charge in [0.05, 0.1) is 0 Å². The van der Waals surface area contributed by atoms with Gasteiger partial charge in [-0.05, 0) is 12.1 Å². The number of para-hydroxylation sites is 1. The molecule has 1 rings (SSSR count). The first-order valence-electron chi connectivity index (χ1n) is 2.56. The van der Waals surface area contributed by atoms with Crippen LogP contribution < -0.4 is 10.7 Å². The molecule has 0 saturated heterocycles. The van der Waals surface area contributed by atoms with Crippen LogP contribution in [0.4, 0.5) is 8.78 Å². The summed E-state index contributed by atoms with van der Waals surface area (Å²) in [7, 11) is 0. The molecule has 0 aromatic heterocycles. The number of rotatable bonds is 1. The molecular formula is C6H5F2NO. The summed E-state index contributed by atoms with van der Waals surface area (Å²) in [5.74, 6) is 2.41. The van der Waals surface area contributed by atoms with Crippen molar-refractivity contribution in [3.8, 4) is 5.75 Å². The molecule has 10 heavy (non-hydrogen) atoms. The summed E-state index contributed by atoms with van der Waals surface area (Å²) in [6, 6.07) is 3.35. The van der Waals surface area contributed by atoms with E-state index in [-0.39, 0.29) is 0 Å². The highest BCUT2D eigenvalue weighted by atomic mass is 19.1. The van der Waals surface area contributed by atoms with E-state index in [1.807, 2.05) is 0 Å². The molecule has 0 atom stereocenters. The predicted octanol–water partition coefficient (Wildman–Crippen LogP) is 1.22. The molecule has 54 valence electrons. The van der Waals surface area contributed by atoms with Gasteiger partial charge >= 0.3 is 0 Å². The zero-order valence-corrected chi connectivity index (χ0v) is 4.97. The van der Waals surface area contributed by atoms with Crippen LogP contribution in [0.5, 0.6) is 5.75 Å². The molecule has 0 bridgehead atoms. The summed E-state index contributed by atoms with van der Waals surface area (Å²) in [5.41, 5.74) is 0. The van der Waals surface area contributed by atoms with Crippen LogP contribution in [0.3, 0.4) is 0 Å². The molecule has 1 aromatic carbocycles. The Morgan fingerprint density at radius 1 is 1.20 bits per heavy atom. The molecule has 0 saturated carbocycles. The molecule has 2 nitrogen and oxygen atoms in total. The van der Waals surface area contributed by atoms with Crippen molar-refractivity contribution in [2.24, 2.45) is 5.90 Å². The predicted molar refractivity (Wildman–Crippen MR) is 31.2 cm³/mol. The molecule has 0 aliphatic heterocycles. The van der Waals surface area contributed by atoms with E-state index < -0.39 is 17.4 Å². The lowest BCUT2D eigenvalue weighted by molar-refractivity contribution is 0.297. The molecule has 1 aromatic rings. The Bertz CT molecular complexity index is 219. The van der Waals surface area contributed by atoms with E-state index in [4.69, 9.17) is 0 Å². The fourth-order valence-corrected chi connectivity index (χ4v) is 0.595. The quantitative estimate of drug-likeness (QED) is 0.603. The van der Waals surface area contributed by atoms with Crippen molar-refractivity contribution in [1.29, 1.82) is 0 Å². The standard InChI is InChI=1S/C6H5F2NO/c7-4-2-1-3-5(8)6(4)10-9/h1-3H,9H2. The second-order valence-corrected chi connectivity index (χ2v) is 1.67. The van der Waals surface area contributed by atoms with Gasteiger partial charge in [0.2, 0.25) is 5.75 Å². The molecule has 0 aliphatic carbocycles. The zero-order chi connectivity index (χ0) is 7.56. The van der Waals surface area contributed by atoms with Crippen molar-refractivity contribution in [2.75, 3.05) is 0 Å². The zero-order valence-electron chi connectivity index (χ0n) is 4.97. The summed E-state index contributed by atoms with van der Waals surface area (Å²) < 4.78 is 24.8. The largest absolute Gasteiger partial charge is 0.405 e. The fraction of sp³-hybridized carbons (Fsp3) is 0. The Kier molecular flexibility index (Phi) is 1.82. The average molecular weight is 145 g/mol. The molecule has 0 radical (unpaired) electrons. The van der Waals surface area contributed by atoms with Crippen LogP contribution in [0.1, 0.15) is 0 Å². The molecule has 0 aliphatic rings. The monoisotopic (exact) mass is 145 g/mol. The first-order valence-corrected chi connectivity index (χ1v) is 2.56. The summed E-state index contributed by atoms with van der Waals surface area (Å²) >= 11 is 0. The van der Waals surface area contributed by atoms with Gasteiger partial charge < -0.3 is 4.84 Å². The highest BCUT2D eigenvalue weighted by Gasteiger charge is 2.07. The van der Waals surface area contributed by atoms with Crippen LogP contribution in [0.25, 0.3) is 0 Å². The van der Waals surface area contributed by atoms with Gasteiger partial charge in [0, 0.05) is 0 Å². The van der Waals surface area contributed by atoms with Gasteiger partial charge in [0.25, 0.3) is 0 Å². The van der Waals surface area contributed by atoms with Crippen LogP contribution in [0.2, 0.25) is 0 Å². The van der Waals surface area contributed by atoms with E-state index in [1.165, 1.54) is 6.07 Å². The van der Waals surface area contributed by atoms with Crippen molar-refractivity contribution in [2.45, 2.75) is 0 Å². The lowest BCUT2D eigenvalue weighted by Crippen LogP contribution is -2.05. The van der Waals surface area contributed by atoms with Crippen LogP contribution in [-0.4, -0.2) is 0 Å². The van der Waals surface area contributed by atoms with Crippen molar-refractivity contribution < 1.29 is 13.6 Å². The Labute approximate surface area is 56.2 Å². The Morgan fingerprint density at radius 2 is 1.70 bits per heavy atom. The van der Waals surface area contributed by atoms with Crippen LogP contribution >= 0.6 is 0 Å². The summed E-state index contributed by atoms with van der Waals surface area (Å²) in [4.78, 5) is 3.93. The van der Waals surface area contributed by atoms with Crippen LogP contribution in [0, 0.1) is 11.6 Å². The Hall–Kier alpha value is -1.16. The maximum Gasteiger partial charge on any atom is 0.217 e. The summed E-state index contributed by atoms with van der Waals surface area (Å²) in [6.07, 6.45) is 0. The molecule has 0 amide bonds. The van der Waals surface area contributed by atoms with Gasteiger partial charge in [-0.25, -0.2) is 8.78 Å². The van der Waals surface area contributed by atoms with Gasteiger partial charge in [-0.3, -0.25) is 0 Å². The minimum atomic E-state index is -0.803. The molecular weight excluding hydrogens is 140 g/mol. The molecule has 4 heteroatoms. The number of benzene rings is 1. The highest BCUT2D eigenvalue weighted by Crippen LogP contribution is 2.18. The first kappa shape index (κ1) is 6.95. The van der Waals surface area contributed by atoms with Gasteiger partial charge in [0.1, 0.15) is 0 Å². The van der Waals surface area contributed by atoms with Gasteiger partial charge in [-0.1, -0.05) is 6.07 Å². The van der Waals surface area contributed by atoms with E-state index in [1.54, 1.807) is 0 Å². The number of halogens is 2. The highest BCUT2D eigenvalue weighted by molar-refractivity contribution is 5.25. The SMILES string of the molecule is NOc1c(F)cccc1F. The Balaban J connectivity index is 3.17. The smallest absolute Gasteiger partial charge is 0.217 e. The minimum Gasteiger partial charge on any atom is -0.405 e. The van der Waals surface area contributed by atoms with Gasteiger partial charge in [0.15, 0.2) is 11.6 Å². The summed E-state index contributed by atoms with van der Waals surface area (Å²) in [5, 5.41) is 0. The van der Waals surface area contributed by atoms with Crippen molar-refractivity contribution in [3.05, 3.63) is 29.8 Å². The third-order valence-corrected chi connectivity index (χ3v) is 1.04. The van der Waals surface area contributed by atoms with E-state index in [0.29, 0.717) is 0 Å². The molecule has 0 heterocycles. The first-order chi connectivity index (χ1) is 4.75. The number of hydrogen-bond donors (Lipinski definition) is 1. The minimum absolute atomic E-state index is 0.553. The third-order valence-electron chi connectivity index (χ3n) is 1.04. The lowest BCUT2D eigenvalue weighted by atomic mass is 10.3. The third kappa shape index (κ3) is 1.06. The average Bonchev–Trinajstić information content (AvgIpc) is 1.88. The van der Waals surface area contributed by atoms with Crippen molar-refractivity contribution >= 4 is 0 Å². The second kappa shape index (κ2) is 2.62. The van der Waals surface area contributed by atoms with Crippen LogP contribution in [-0.2, 0) is 0 Å². The topological polar surface area (TPSA) is 35.2 Å². The number of hydrogen-bond acceptors (Lipinski definition) is 2.